The summed E-state index contributed by atoms with van der Waals surface area (Å²) in [5.74, 6) is -1.24. The van der Waals surface area contributed by atoms with Gasteiger partial charge in [0.2, 0.25) is 0 Å². The molecule has 0 spiro atoms. The van der Waals surface area contributed by atoms with Crippen LogP contribution in [0.3, 0.4) is 0 Å². The Kier molecular flexibility index (Phi) is 5.09. The zero-order valence-electron chi connectivity index (χ0n) is 7.55. The zero-order chi connectivity index (χ0) is 9.56. The third-order valence-corrected chi connectivity index (χ3v) is 1.76. The fourth-order valence-electron chi connectivity index (χ4n) is 1.10. The molecular weight excluding hydrogens is 152 g/mol. The lowest BCUT2D eigenvalue weighted by Crippen LogP contribution is -2.14. The van der Waals surface area contributed by atoms with Gasteiger partial charge in [-0.25, -0.2) is 0 Å². The molecule has 0 amide bonds. The summed E-state index contributed by atoms with van der Waals surface area (Å²) in [6.45, 7) is 9.29. The highest BCUT2D eigenvalue weighted by Crippen LogP contribution is 2.18. The largest absolute Gasteiger partial charge is 0.481 e. The van der Waals surface area contributed by atoms with Gasteiger partial charge in [0.15, 0.2) is 0 Å². The van der Waals surface area contributed by atoms with Crippen LogP contribution in [-0.2, 0) is 4.79 Å². The Morgan fingerprint density at radius 1 is 1.67 bits per heavy atom. The smallest absolute Gasteiger partial charge is 0.310 e. The lowest BCUT2D eigenvalue weighted by Gasteiger charge is -2.11. The van der Waals surface area contributed by atoms with E-state index in [1.54, 1.807) is 6.08 Å². The number of carboxylic acids is 1. The summed E-state index contributed by atoms with van der Waals surface area (Å²) in [5, 5.41) is 8.79. The quantitative estimate of drug-likeness (QED) is 0.619. The average molecular weight is 168 g/mol. The number of aliphatic carboxylic acids is 1. The van der Waals surface area contributed by atoms with Gasteiger partial charge < -0.3 is 5.11 Å². The molecule has 0 aliphatic carbocycles. The maximum absolute atomic E-state index is 10.7. The normalized spacial score (nSPS) is 12.1. The first-order valence-corrected chi connectivity index (χ1v) is 4.14. The van der Waals surface area contributed by atoms with E-state index in [9.17, 15) is 4.79 Å². The summed E-state index contributed by atoms with van der Waals surface area (Å²) in [6.07, 6.45) is 3.83. The summed E-state index contributed by atoms with van der Waals surface area (Å²) in [4.78, 5) is 10.7. The number of carbonyl (C=O) groups is 1. The highest BCUT2D eigenvalue weighted by Gasteiger charge is 2.17. The number of carboxylic acid groups (broad SMARTS) is 1. The van der Waals surface area contributed by atoms with Crippen molar-refractivity contribution < 1.29 is 9.90 Å². The number of hydrogen-bond donors (Lipinski definition) is 1. The monoisotopic (exact) mass is 168 g/mol. The SMILES string of the molecule is C=CCC(C(=C)CCC)C(=O)O. The predicted molar refractivity (Wildman–Crippen MR) is 50.0 cm³/mol. The van der Waals surface area contributed by atoms with Crippen LogP contribution < -0.4 is 0 Å². The predicted octanol–water partition coefficient (Wildman–Crippen LogP) is 2.62. The summed E-state index contributed by atoms with van der Waals surface area (Å²) < 4.78 is 0. The lowest BCUT2D eigenvalue weighted by atomic mass is 9.94. The fourth-order valence-corrected chi connectivity index (χ4v) is 1.10. The van der Waals surface area contributed by atoms with Crippen molar-refractivity contribution in [2.75, 3.05) is 0 Å². The van der Waals surface area contributed by atoms with Crippen molar-refractivity contribution in [3.8, 4) is 0 Å². The Bertz CT molecular complexity index is 182. The van der Waals surface area contributed by atoms with Crippen molar-refractivity contribution in [3.05, 3.63) is 24.8 Å². The van der Waals surface area contributed by atoms with Crippen LogP contribution in [-0.4, -0.2) is 11.1 Å². The fraction of sp³-hybridized carbons (Fsp3) is 0.500. The molecule has 0 rings (SSSR count). The minimum absolute atomic E-state index is 0.442. The van der Waals surface area contributed by atoms with E-state index in [0.29, 0.717) is 6.42 Å². The van der Waals surface area contributed by atoms with E-state index in [4.69, 9.17) is 5.11 Å². The Morgan fingerprint density at radius 2 is 2.25 bits per heavy atom. The third-order valence-electron chi connectivity index (χ3n) is 1.76. The molecule has 0 saturated carbocycles. The van der Waals surface area contributed by atoms with Crippen molar-refractivity contribution in [3.63, 3.8) is 0 Å². The Labute approximate surface area is 73.6 Å². The maximum Gasteiger partial charge on any atom is 0.310 e. The Morgan fingerprint density at radius 3 is 2.58 bits per heavy atom. The lowest BCUT2D eigenvalue weighted by molar-refractivity contribution is -0.140. The third kappa shape index (κ3) is 3.37. The highest BCUT2D eigenvalue weighted by molar-refractivity contribution is 5.73. The molecule has 1 atom stereocenters. The molecule has 0 aromatic carbocycles. The summed E-state index contributed by atoms with van der Waals surface area (Å²) in [6, 6.07) is 0. The van der Waals surface area contributed by atoms with Gasteiger partial charge in [-0.15, -0.1) is 6.58 Å². The molecule has 0 aliphatic heterocycles. The zero-order valence-corrected chi connectivity index (χ0v) is 7.55. The van der Waals surface area contributed by atoms with Crippen molar-refractivity contribution in [2.45, 2.75) is 26.2 Å². The molecule has 0 bridgehead atoms. The molecule has 68 valence electrons. The van der Waals surface area contributed by atoms with Gasteiger partial charge in [0, 0.05) is 0 Å². The highest BCUT2D eigenvalue weighted by atomic mass is 16.4. The second kappa shape index (κ2) is 5.58. The van der Waals surface area contributed by atoms with E-state index in [2.05, 4.69) is 13.2 Å². The van der Waals surface area contributed by atoms with Crippen LogP contribution in [0, 0.1) is 5.92 Å². The molecule has 0 fully saturated rings. The van der Waals surface area contributed by atoms with Gasteiger partial charge in [-0.3, -0.25) is 4.79 Å². The standard InChI is InChI=1S/C10H16O2/c1-4-6-8(3)9(7-5-2)10(11)12/h5,9H,2-4,6-7H2,1H3,(H,11,12). The molecule has 0 aliphatic rings. The van der Waals surface area contributed by atoms with Crippen LogP contribution in [0.2, 0.25) is 0 Å². The summed E-state index contributed by atoms with van der Waals surface area (Å²) in [5.41, 5.74) is 0.796. The van der Waals surface area contributed by atoms with E-state index in [-0.39, 0.29) is 0 Å². The van der Waals surface area contributed by atoms with Crippen molar-refractivity contribution >= 4 is 5.97 Å². The molecule has 0 heterocycles. The van der Waals surface area contributed by atoms with Gasteiger partial charge in [0.1, 0.15) is 0 Å². The number of allylic oxidation sites excluding steroid dienone is 1. The maximum atomic E-state index is 10.7. The van der Waals surface area contributed by atoms with Gasteiger partial charge in [-0.2, -0.15) is 0 Å². The molecule has 2 nitrogen and oxygen atoms in total. The van der Waals surface area contributed by atoms with Crippen LogP contribution >= 0.6 is 0 Å². The first-order valence-electron chi connectivity index (χ1n) is 4.14. The molecule has 0 aromatic heterocycles. The van der Waals surface area contributed by atoms with Crippen molar-refractivity contribution in [1.29, 1.82) is 0 Å². The molecule has 12 heavy (non-hydrogen) atoms. The van der Waals surface area contributed by atoms with Crippen LogP contribution in [0.1, 0.15) is 26.2 Å². The van der Waals surface area contributed by atoms with Gasteiger partial charge in [0.25, 0.3) is 0 Å². The van der Waals surface area contributed by atoms with E-state index in [0.717, 1.165) is 18.4 Å². The molecular formula is C10H16O2. The molecule has 0 radical (unpaired) electrons. The molecule has 2 heteroatoms. The van der Waals surface area contributed by atoms with E-state index in [1.807, 2.05) is 6.92 Å². The Balaban J connectivity index is 4.18. The second-order valence-corrected chi connectivity index (χ2v) is 2.82. The summed E-state index contributed by atoms with van der Waals surface area (Å²) >= 11 is 0. The van der Waals surface area contributed by atoms with E-state index >= 15 is 0 Å². The summed E-state index contributed by atoms with van der Waals surface area (Å²) in [7, 11) is 0. The van der Waals surface area contributed by atoms with Gasteiger partial charge in [-0.1, -0.05) is 31.6 Å². The van der Waals surface area contributed by atoms with E-state index < -0.39 is 11.9 Å². The first-order chi connectivity index (χ1) is 5.63. The van der Waals surface area contributed by atoms with Gasteiger partial charge >= 0.3 is 5.97 Å². The second-order valence-electron chi connectivity index (χ2n) is 2.82. The minimum atomic E-state index is -0.798. The van der Waals surface area contributed by atoms with Crippen molar-refractivity contribution in [1.82, 2.24) is 0 Å². The van der Waals surface area contributed by atoms with Crippen LogP contribution in [0.4, 0.5) is 0 Å². The molecule has 1 unspecified atom stereocenters. The Hall–Kier alpha value is -1.05. The van der Waals surface area contributed by atoms with Gasteiger partial charge in [0.05, 0.1) is 5.92 Å². The minimum Gasteiger partial charge on any atom is -0.481 e. The van der Waals surface area contributed by atoms with Gasteiger partial charge in [-0.05, 0) is 12.8 Å². The van der Waals surface area contributed by atoms with Crippen LogP contribution in [0.5, 0.6) is 0 Å². The van der Waals surface area contributed by atoms with Crippen molar-refractivity contribution in [2.24, 2.45) is 5.92 Å². The average Bonchev–Trinajstić information content (AvgIpc) is 1.99. The van der Waals surface area contributed by atoms with E-state index in [1.165, 1.54) is 0 Å². The van der Waals surface area contributed by atoms with Crippen LogP contribution in [0.15, 0.2) is 24.8 Å². The molecule has 1 N–H and O–H groups in total. The first kappa shape index (κ1) is 11.0. The number of rotatable bonds is 6. The number of hydrogen-bond acceptors (Lipinski definition) is 1. The topological polar surface area (TPSA) is 37.3 Å². The molecule has 0 aromatic rings. The molecule has 0 saturated heterocycles. The van der Waals surface area contributed by atoms with Crippen LogP contribution in [0.25, 0.3) is 0 Å².